The van der Waals surface area contributed by atoms with E-state index in [1.165, 1.54) is 22.3 Å². The fourth-order valence-corrected chi connectivity index (χ4v) is 3.57. The van der Waals surface area contributed by atoms with Crippen LogP contribution in [0.25, 0.3) is 12.2 Å². The molecule has 0 saturated heterocycles. The first-order valence-electron chi connectivity index (χ1n) is 11.4. The number of Topliss-reactive ketones (excluding diaryl/α,β-unsaturated/α-hetero) is 1. The van der Waals surface area contributed by atoms with Gasteiger partial charge in [0.1, 0.15) is 0 Å². The molecule has 30 heavy (non-hydrogen) atoms. The highest BCUT2D eigenvalue weighted by Gasteiger charge is 2.25. The largest absolute Gasteiger partial charge is 0.289 e. The predicted octanol–water partition coefficient (Wildman–Crippen LogP) is 8.44. The summed E-state index contributed by atoms with van der Waals surface area (Å²) in [5.74, 6) is 0.697. The summed E-state index contributed by atoms with van der Waals surface area (Å²) < 4.78 is 0. The summed E-state index contributed by atoms with van der Waals surface area (Å²) in [6.07, 6.45) is 5.88. The van der Waals surface area contributed by atoms with Gasteiger partial charge in [-0.2, -0.15) is 0 Å². The van der Waals surface area contributed by atoms with Gasteiger partial charge in [0, 0.05) is 11.1 Å². The fourth-order valence-electron chi connectivity index (χ4n) is 3.57. The van der Waals surface area contributed by atoms with E-state index in [9.17, 15) is 4.79 Å². The molecular weight excluding hydrogens is 364 g/mol. The number of aryl methyl sites for hydroxylation is 4. The van der Waals surface area contributed by atoms with Crippen LogP contribution in [0.4, 0.5) is 0 Å². The molecule has 162 valence electrons. The van der Waals surface area contributed by atoms with E-state index in [0.717, 1.165) is 35.1 Å². The second-order valence-electron chi connectivity index (χ2n) is 7.87. The highest BCUT2D eigenvalue weighted by molar-refractivity contribution is 6.14. The van der Waals surface area contributed by atoms with Gasteiger partial charge in [-0.1, -0.05) is 71.0 Å². The summed E-state index contributed by atoms with van der Waals surface area (Å²) in [6, 6.07) is 12.8. The van der Waals surface area contributed by atoms with Gasteiger partial charge in [0.05, 0.1) is 0 Å². The topological polar surface area (TPSA) is 17.1 Å². The molecule has 0 N–H and O–H groups in total. The Hall–Kier alpha value is -2.41. The van der Waals surface area contributed by atoms with Crippen LogP contribution in [-0.2, 0) is 4.79 Å². The average molecular weight is 405 g/mol. The number of ketones is 1. The van der Waals surface area contributed by atoms with E-state index in [-0.39, 0.29) is 5.78 Å². The number of hydrogen-bond donors (Lipinski definition) is 0. The summed E-state index contributed by atoms with van der Waals surface area (Å²) in [6.45, 7) is 18.7. The molecule has 0 aromatic heterocycles. The van der Waals surface area contributed by atoms with Crippen molar-refractivity contribution in [3.8, 4) is 0 Å². The van der Waals surface area contributed by atoms with Gasteiger partial charge in [0.2, 0.25) is 0 Å². The van der Waals surface area contributed by atoms with Crippen molar-refractivity contribution >= 4 is 17.9 Å². The third kappa shape index (κ3) is 6.83. The number of rotatable bonds is 2. The van der Waals surface area contributed by atoms with Crippen molar-refractivity contribution in [3.05, 3.63) is 80.9 Å². The molecule has 2 aromatic carbocycles. The Morgan fingerprint density at radius 1 is 0.667 bits per heavy atom. The molecule has 0 unspecified atom stereocenters. The maximum absolute atomic E-state index is 13.0. The van der Waals surface area contributed by atoms with Crippen LogP contribution in [0.15, 0.2) is 47.5 Å². The van der Waals surface area contributed by atoms with Crippen molar-refractivity contribution in [2.24, 2.45) is 5.92 Å². The minimum atomic E-state index is 0.208. The third-order valence-electron chi connectivity index (χ3n) is 5.46. The predicted molar refractivity (Wildman–Crippen MR) is 134 cm³/mol. The number of carbonyl (C=O) groups excluding carboxylic acids is 1. The third-order valence-corrected chi connectivity index (χ3v) is 5.46. The van der Waals surface area contributed by atoms with Gasteiger partial charge in [0.15, 0.2) is 5.78 Å². The van der Waals surface area contributed by atoms with Crippen LogP contribution < -0.4 is 0 Å². The van der Waals surface area contributed by atoms with Gasteiger partial charge in [-0.05, 0) is 92.0 Å². The van der Waals surface area contributed by atoms with E-state index < -0.39 is 0 Å². The Labute approximate surface area is 184 Å². The lowest BCUT2D eigenvalue weighted by Gasteiger charge is -2.23. The zero-order chi connectivity index (χ0) is 22.8. The Bertz CT molecular complexity index is 838. The van der Waals surface area contributed by atoms with Crippen LogP contribution in [0.2, 0.25) is 0 Å². The fraction of sp³-hybridized carbons (Fsp3) is 0.414. The lowest BCUT2D eigenvalue weighted by atomic mass is 9.80. The van der Waals surface area contributed by atoms with E-state index in [1.54, 1.807) is 0 Å². The zero-order valence-electron chi connectivity index (χ0n) is 20.5. The van der Waals surface area contributed by atoms with E-state index in [1.807, 2.05) is 27.7 Å². The minimum Gasteiger partial charge on any atom is -0.289 e. The molecule has 1 nitrogen and oxygen atoms in total. The Balaban J connectivity index is 0.00000106. The smallest absolute Gasteiger partial charge is 0.185 e. The Morgan fingerprint density at radius 3 is 1.37 bits per heavy atom. The Kier molecular flexibility index (Phi) is 10.5. The van der Waals surface area contributed by atoms with Gasteiger partial charge < -0.3 is 0 Å². The van der Waals surface area contributed by atoms with Crippen LogP contribution in [0.1, 0.15) is 80.8 Å². The van der Waals surface area contributed by atoms with E-state index in [4.69, 9.17) is 0 Å². The van der Waals surface area contributed by atoms with Crippen molar-refractivity contribution in [2.75, 3.05) is 0 Å². The van der Waals surface area contributed by atoms with Crippen molar-refractivity contribution < 1.29 is 4.79 Å². The summed E-state index contributed by atoms with van der Waals surface area (Å²) in [5.41, 5.74) is 9.20. The molecule has 0 atom stereocenters. The molecule has 0 heterocycles. The molecule has 0 aliphatic heterocycles. The second-order valence-corrected chi connectivity index (χ2v) is 7.87. The highest BCUT2D eigenvalue weighted by Crippen LogP contribution is 2.32. The summed E-state index contributed by atoms with van der Waals surface area (Å²) in [4.78, 5) is 13.0. The van der Waals surface area contributed by atoms with Crippen molar-refractivity contribution in [2.45, 2.75) is 75.2 Å². The van der Waals surface area contributed by atoms with Crippen LogP contribution in [0.3, 0.4) is 0 Å². The van der Waals surface area contributed by atoms with E-state index >= 15 is 0 Å². The first-order valence-corrected chi connectivity index (χ1v) is 11.4. The quantitative estimate of drug-likeness (QED) is 0.459. The maximum atomic E-state index is 13.0. The summed E-state index contributed by atoms with van der Waals surface area (Å²) >= 11 is 0. The molecule has 1 heteroatoms. The average Bonchev–Trinajstić information content (AvgIpc) is 2.74. The molecule has 0 radical (unpaired) electrons. The molecule has 0 bridgehead atoms. The lowest BCUT2D eigenvalue weighted by Crippen LogP contribution is -2.18. The Morgan fingerprint density at radius 2 is 1.03 bits per heavy atom. The van der Waals surface area contributed by atoms with Crippen LogP contribution in [-0.4, -0.2) is 5.78 Å². The first kappa shape index (κ1) is 25.6. The summed E-state index contributed by atoms with van der Waals surface area (Å²) in [5, 5.41) is 0. The second kappa shape index (κ2) is 12.3. The number of carbonyl (C=O) groups is 1. The zero-order valence-corrected chi connectivity index (χ0v) is 20.5. The molecule has 3 rings (SSSR count). The summed E-state index contributed by atoms with van der Waals surface area (Å²) in [7, 11) is 0. The lowest BCUT2D eigenvalue weighted by molar-refractivity contribution is -0.113. The molecule has 1 saturated carbocycles. The SMILES string of the molecule is CC.CC.Cc1ccc(/C=C2\CC(C)C/C(=C\c3ccc(C)c(C)c3)C2=O)cc1C. The normalized spacial score (nSPS) is 18.4. The molecule has 0 spiro atoms. The first-order chi connectivity index (χ1) is 14.3. The van der Waals surface area contributed by atoms with E-state index in [2.05, 4.69) is 83.2 Å². The standard InChI is InChI=1S/C25H28O.2C2H6/c1-16-10-23(14-21-8-6-17(2)19(4)12-21)25(26)24(11-16)15-22-9-7-18(3)20(5)13-22;2*1-2/h6-9,12-16H,10-11H2,1-5H3;2*1-2H3/b23-14+,24-15+;;. The monoisotopic (exact) mass is 404 g/mol. The van der Waals surface area contributed by atoms with Gasteiger partial charge in [0.25, 0.3) is 0 Å². The molecule has 1 aliphatic rings. The molecule has 1 aliphatic carbocycles. The highest BCUT2D eigenvalue weighted by atomic mass is 16.1. The van der Waals surface area contributed by atoms with Gasteiger partial charge in [-0.15, -0.1) is 0 Å². The van der Waals surface area contributed by atoms with Crippen molar-refractivity contribution in [1.82, 2.24) is 0 Å². The van der Waals surface area contributed by atoms with Crippen LogP contribution in [0, 0.1) is 33.6 Å². The molecule has 0 amide bonds. The van der Waals surface area contributed by atoms with Gasteiger partial charge in [-0.3, -0.25) is 4.79 Å². The molecule has 2 aromatic rings. The number of benzene rings is 2. The molecular formula is C29H40O. The van der Waals surface area contributed by atoms with Gasteiger partial charge >= 0.3 is 0 Å². The number of hydrogen-bond acceptors (Lipinski definition) is 1. The van der Waals surface area contributed by atoms with Gasteiger partial charge in [-0.25, -0.2) is 0 Å². The van der Waals surface area contributed by atoms with Crippen molar-refractivity contribution in [1.29, 1.82) is 0 Å². The molecule has 1 fully saturated rings. The van der Waals surface area contributed by atoms with E-state index in [0.29, 0.717) is 5.92 Å². The minimum absolute atomic E-state index is 0.208. The van der Waals surface area contributed by atoms with Crippen LogP contribution >= 0.6 is 0 Å². The number of allylic oxidation sites excluding steroid dienone is 2. The van der Waals surface area contributed by atoms with Crippen molar-refractivity contribution in [3.63, 3.8) is 0 Å². The maximum Gasteiger partial charge on any atom is 0.185 e. The van der Waals surface area contributed by atoms with Crippen LogP contribution in [0.5, 0.6) is 0 Å².